The molecule has 3 aromatic rings. The topological polar surface area (TPSA) is 58.2 Å². The Bertz CT molecular complexity index is 976. The van der Waals surface area contributed by atoms with Gasteiger partial charge in [-0.3, -0.25) is 9.59 Å². The maximum Gasteiger partial charge on any atom is 0.261 e. The monoisotopic (exact) mass is 388 g/mol. The molecule has 0 aliphatic heterocycles. The summed E-state index contributed by atoms with van der Waals surface area (Å²) in [5, 5.41) is 5.47. The van der Waals surface area contributed by atoms with Crippen molar-refractivity contribution >= 4 is 29.3 Å². The molecule has 3 aromatic carbocycles. The number of hydrogen-bond donors (Lipinski definition) is 2. The van der Waals surface area contributed by atoms with Crippen LogP contribution in [0.5, 0.6) is 0 Å². The molecule has 0 aliphatic rings. The predicted octanol–water partition coefficient (Wildman–Crippen LogP) is 5.10. The van der Waals surface area contributed by atoms with Crippen molar-refractivity contribution in [3.63, 3.8) is 0 Å². The molecular weight excluding hydrogens is 367 g/mol. The average Bonchev–Trinajstić information content (AvgIpc) is 2.71. The van der Waals surface area contributed by atoms with Gasteiger partial charge in [0.05, 0.1) is 0 Å². The summed E-state index contributed by atoms with van der Waals surface area (Å²) in [5.41, 5.74) is 3.73. The van der Waals surface area contributed by atoms with Crippen molar-refractivity contribution in [3.05, 3.63) is 101 Å². The van der Waals surface area contributed by atoms with Crippen LogP contribution in [0.1, 0.15) is 16.7 Å². The number of aryl methyl sites for hydroxylation is 2. The molecule has 0 unspecified atom stereocenters. The zero-order chi connectivity index (χ0) is 20.8. The molecule has 3 rings (SSSR count). The van der Waals surface area contributed by atoms with Gasteiger partial charge in [0.15, 0.2) is 0 Å². The van der Waals surface area contributed by atoms with Crippen molar-refractivity contribution in [1.82, 2.24) is 0 Å². The lowest BCUT2D eigenvalue weighted by Crippen LogP contribution is -2.25. The number of anilines is 2. The van der Waals surface area contributed by atoms with Crippen LogP contribution in [0.2, 0.25) is 0 Å². The van der Waals surface area contributed by atoms with E-state index in [1.807, 2.05) is 38.1 Å². The fourth-order valence-electron chi connectivity index (χ4n) is 2.63. The van der Waals surface area contributed by atoms with Crippen molar-refractivity contribution in [2.75, 3.05) is 10.6 Å². The summed E-state index contributed by atoms with van der Waals surface area (Å²) in [5.74, 6) is -1.50. The third kappa shape index (κ3) is 5.62. The van der Waals surface area contributed by atoms with Gasteiger partial charge < -0.3 is 10.6 Å². The maximum absolute atomic E-state index is 13.2. The van der Waals surface area contributed by atoms with Crippen molar-refractivity contribution in [1.29, 1.82) is 0 Å². The van der Waals surface area contributed by atoms with Crippen LogP contribution in [-0.4, -0.2) is 11.8 Å². The largest absolute Gasteiger partial charge is 0.322 e. The highest BCUT2D eigenvalue weighted by atomic mass is 19.1. The van der Waals surface area contributed by atoms with Gasteiger partial charge in [-0.1, -0.05) is 47.5 Å². The first-order valence-corrected chi connectivity index (χ1v) is 9.14. The van der Waals surface area contributed by atoms with Gasteiger partial charge in [0.1, 0.15) is 11.4 Å². The van der Waals surface area contributed by atoms with Crippen LogP contribution in [0.3, 0.4) is 0 Å². The van der Waals surface area contributed by atoms with Gasteiger partial charge in [0.25, 0.3) is 11.8 Å². The summed E-state index contributed by atoms with van der Waals surface area (Å²) in [4.78, 5) is 25.7. The zero-order valence-electron chi connectivity index (χ0n) is 16.2. The maximum atomic E-state index is 13.2. The number of rotatable bonds is 5. The summed E-state index contributed by atoms with van der Waals surface area (Å²) in [6, 6.07) is 20.1. The third-order valence-electron chi connectivity index (χ3n) is 4.29. The van der Waals surface area contributed by atoms with Crippen LogP contribution in [-0.2, 0) is 9.59 Å². The minimum atomic E-state index is -0.553. The van der Waals surface area contributed by atoms with Gasteiger partial charge in [-0.15, -0.1) is 0 Å². The summed E-state index contributed by atoms with van der Waals surface area (Å²) in [7, 11) is 0. The lowest BCUT2D eigenvalue weighted by Gasteiger charge is -2.11. The standard InChI is InChI=1S/C24H21FN2O2/c1-16-3-11-20(12-4-16)26-23(28)22(15-18-7-9-19(25)10-8-18)24(29)27-21-13-5-17(2)6-14-21/h3-15H,1-2H3,(H,26,28)(H,27,29). The summed E-state index contributed by atoms with van der Waals surface area (Å²) >= 11 is 0. The second kappa shape index (κ2) is 8.97. The van der Waals surface area contributed by atoms with Gasteiger partial charge in [-0.05, 0) is 61.9 Å². The van der Waals surface area contributed by atoms with E-state index in [0.29, 0.717) is 16.9 Å². The number of hydrogen-bond acceptors (Lipinski definition) is 2. The van der Waals surface area contributed by atoms with E-state index in [1.54, 1.807) is 24.3 Å². The number of carbonyl (C=O) groups excluding carboxylic acids is 2. The predicted molar refractivity (Wildman–Crippen MR) is 114 cm³/mol. The molecule has 0 atom stereocenters. The molecule has 0 aliphatic carbocycles. The SMILES string of the molecule is Cc1ccc(NC(=O)C(=Cc2ccc(F)cc2)C(=O)Nc2ccc(C)cc2)cc1. The minimum Gasteiger partial charge on any atom is -0.322 e. The van der Waals surface area contributed by atoms with E-state index in [1.165, 1.54) is 30.3 Å². The van der Waals surface area contributed by atoms with E-state index in [-0.39, 0.29) is 5.57 Å². The van der Waals surface area contributed by atoms with Gasteiger partial charge in [0, 0.05) is 11.4 Å². The zero-order valence-corrected chi connectivity index (χ0v) is 16.2. The highest BCUT2D eigenvalue weighted by Crippen LogP contribution is 2.16. The molecule has 5 heteroatoms. The summed E-state index contributed by atoms with van der Waals surface area (Å²) in [6.07, 6.45) is 1.44. The molecule has 0 saturated carbocycles. The van der Waals surface area contributed by atoms with E-state index < -0.39 is 17.6 Å². The van der Waals surface area contributed by atoms with Crippen LogP contribution in [0.25, 0.3) is 6.08 Å². The molecular formula is C24H21FN2O2. The second-order valence-electron chi connectivity index (χ2n) is 6.75. The molecule has 2 amide bonds. The van der Waals surface area contributed by atoms with Gasteiger partial charge in [0.2, 0.25) is 0 Å². The number of carbonyl (C=O) groups is 2. The number of benzene rings is 3. The second-order valence-corrected chi connectivity index (χ2v) is 6.75. The van der Waals surface area contributed by atoms with Crippen LogP contribution in [0.4, 0.5) is 15.8 Å². The summed E-state index contributed by atoms with van der Waals surface area (Å²) in [6.45, 7) is 3.89. The van der Waals surface area contributed by atoms with Crippen molar-refractivity contribution in [2.45, 2.75) is 13.8 Å². The minimum absolute atomic E-state index is 0.0854. The lowest BCUT2D eigenvalue weighted by atomic mass is 10.1. The molecule has 0 saturated heterocycles. The van der Waals surface area contributed by atoms with E-state index >= 15 is 0 Å². The first-order valence-electron chi connectivity index (χ1n) is 9.14. The van der Waals surface area contributed by atoms with Crippen molar-refractivity contribution < 1.29 is 14.0 Å². The Kier molecular flexibility index (Phi) is 6.19. The Morgan fingerprint density at radius 3 is 1.52 bits per heavy atom. The summed E-state index contributed by atoms with van der Waals surface area (Å²) < 4.78 is 13.2. The van der Waals surface area contributed by atoms with Crippen LogP contribution in [0.15, 0.2) is 78.4 Å². The fourth-order valence-corrected chi connectivity index (χ4v) is 2.63. The molecule has 146 valence electrons. The Labute approximate surface area is 169 Å². The van der Waals surface area contributed by atoms with E-state index in [0.717, 1.165) is 11.1 Å². The molecule has 4 nitrogen and oxygen atoms in total. The average molecular weight is 388 g/mol. The highest BCUT2D eigenvalue weighted by Gasteiger charge is 2.19. The molecule has 0 radical (unpaired) electrons. The first-order chi connectivity index (χ1) is 13.9. The molecule has 0 fully saturated rings. The molecule has 0 spiro atoms. The van der Waals surface area contributed by atoms with E-state index in [2.05, 4.69) is 10.6 Å². The van der Waals surface area contributed by atoms with Crippen molar-refractivity contribution in [3.8, 4) is 0 Å². The van der Waals surface area contributed by atoms with Gasteiger partial charge >= 0.3 is 0 Å². The Hall–Kier alpha value is -3.73. The lowest BCUT2D eigenvalue weighted by molar-refractivity contribution is -0.118. The quantitative estimate of drug-likeness (QED) is 0.363. The van der Waals surface area contributed by atoms with Crippen LogP contribution in [0, 0.1) is 19.7 Å². The number of nitrogens with one attached hydrogen (secondary N) is 2. The van der Waals surface area contributed by atoms with Gasteiger partial charge in [-0.25, -0.2) is 4.39 Å². The molecule has 0 bridgehead atoms. The Morgan fingerprint density at radius 1 is 0.690 bits per heavy atom. The third-order valence-corrected chi connectivity index (χ3v) is 4.29. The van der Waals surface area contributed by atoms with E-state index in [9.17, 15) is 14.0 Å². The first kappa shape index (κ1) is 20.0. The molecule has 29 heavy (non-hydrogen) atoms. The molecule has 0 heterocycles. The number of halogens is 1. The number of amides is 2. The normalized spacial score (nSPS) is 10.2. The smallest absolute Gasteiger partial charge is 0.261 e. The highest BCUT2D eigenvalue weighted by molar-refractivity contribution is 6.28. The molecule has 0 aromatic heterocycles. The van der Waals surface area contributed by atoms with Crippen molar-refractivity contribution in [2.24, 2.45) is 0 Å². The van der Waals surface area contributed by atoms with Crippen LogP contribution < -0.4 is 10.6 Å². The Morgan fingerprint density at radius 2 is 1.10 bits per heavy atom. The molecule has 2 N–H and O–H groups in total. The van der Waals surface area contributed by atoms with Gasteiger partial charge in [-0.2, -0.15) is 0 Å². The van der Waals surface area contributed by atoms with Crippen LogP contribution >= 0.6 is 0 Å². The fraction of sp³-hybridized carbons (Fsp3) is 0.0833. The van der Waals surface area contributed by atoms with E-state index in [4.69, 9.17) is 0 Å². The Balaban J connectivity index is 1.88.